The lowest BCUT2D eigenvalue weighted by molar-refractivity contribution is 0.584. The maximum atomic E-state index is 13.7. The van der Waals surface area contributed by atoms with E-state index >= 15 is 0 Å². The standard InChI is InChI=1S/C15H16F2N2/c1-10(14-5-3-4-6-15(14)17)19(2)13-8-11(16)7-12(18)9-13/h3-10H,18H2,1-2H3. The first-order chi connectivity index (χ1) is 8.99. The Balaban J connectivity index is 2.33. The monoisotopic (exact) mass is 262 g/mol. The van der Waals surface area contributed by atoms with Gasteiger partial charge in [-0.15, -0.1) is 0 Å². The van der Waals surface area contributed by atoms with Crippen LogP contribution in [0.25, 0.3) is 0 Å². The minimum atomic E-state index is -0.400. The van der Waals surface area contributed by atoms with Crippen molar-refractivity contribution in [2.45, 2.75) is 13.0 Å². The molecule has 19 heavy (non-hydrogen) atoms. The second kappa shape index (κ2) is 5.26. The zero-order chi connectivity index (χ0) is 14.0. The molecular formula is C15H16F2N2. The molecule has 2 aromatic rings. The highest BCUT2D eigenvalue weighted by molar-refractivity contribution is 5.57. The predicted molar refractivity (Wildman–Crippen MR) is 74.0 cm³/mol. The van der Waals surface area contributed by atoms with Crippen LogP contribution in [0.4, 0.5) is 20.2 Å². The van der Waals surface area contributed by atoms with Crippen LogP contribution in [0.3, 0.4) is 0 Å². The fourth-order valence-electron chi connectivity index (χ4n) is 2.05. The zero-order valence-corrected chi connectivity index (χ0v) is 10.9. The molecule has 0 bridgehead atoms. The normalized spacial score (nSPS) is 12.2. The van der Waals surface area contributed by atoms with Gasteiger partial charge in [-0.3, -0.25) is 0 Å². The molecule has 0 amide bonds. The van der Waals surface area contributed by atoms with Gasteiger partial charge in [-0.1, -0.05) is 18.2 Å². The van der Waals surface area contributed by atoms with Gasteiger partial charge in [0.05, 0.1) is 6.04 Å². The molecule has 1 atom stereocenters. The van der Waals surface area contributed by atoms with Crippen LogP contribution in [-0.2, 0) is 0 Å². The number of hydrogen-bond acceptors (Lipinski definition) is 2. The largest absolute Gasteiger partial charge is 0.399 e. The van der Waals surface area contributed by atoms with Gasteiger partial charge in [0.15, 0.2) is 0 Å². The molecule has 2 aromatic carbocycles. The van der Waals surface area contributed by atoms with Crippen molar-refractivity contribution in [3.63, 3.8) is 0 Å². The third kappa shape index (κ3) is 2.84. The van der Waals surface area contributed by atoms with Crippen LogP contribution in [0.5, 0.6) is 0 Å². The maximum Gasteiger partial charge on any atom is 0.128 e. The second-order valence-corrected chi connectivity index (χ2v) is 4.55. The summed E-state index contributed by atoms with van der Waals surface area (Å²) in [5.74, 6) is -0.672. The molecule has 2 nitrogen and oxygen atoms in total. The summed E-state index contributed by atoms with van der Waals surface area (Å²) in [6.07, 6.45) is 0. The van der Waals surface area contributed by atoms with E-state index in [-0.39, 0.29) is 11.9 Å². The Kier molecular flexibility index (Phi) is 3.69. The first-order valence-corrected chi connectivity index (χ1v) is 6.02. The molecule has 0 aliphatic rings. The number of halogens is 2. The summed E-state index contributed by atoms with van der Waals surface area (Å²) in [5.41, 5.74) is 7.16. The number of hydrogen-bond donors (Lipinski definition) is 1. The van der Waals surface area contributed by atoms with Crippen molar-refractivity contribution >= 4 is 11.4 Å². The summed E-state index contributed by atoms with van der Waals surface area (Å²) in [5, 5.41) is 0. The number of nitrogens with zero attached hydrogens (tertiary/aromatic N) is 1. The molecule has 0 aliphatic carbocycles. The van der Waals surface area contributed by atoms with Gasteiger partial charge in [-0.25, -0.2) is 8.78 Å². The third-order valence-corrected chi connectivity index (χ3v) is 3.25. The first kappa shape index (κ1) is 13.3. The van der Waals surface area contributed by atoms with E-state index in [4.69, 9.17) is 5.73 Å². The Hall–Kier alpha value is -2.10. The average molecular weight is 262 g/mol. The lowest BCUT2D eigenvalue weighted by Gasteiger charge is -2.28. The van der Waals surface area contributed by atoms with Gasteiger partial charge in [-0.05, 0) is 31.2 Å². The van der Waals surface area contributed by atoms with Gasteiger partial charge < -0.3 is 10.6 Å². The molecule has 100 valence electrons. The molecule has 0 heterocycles. The molecule has 0 saturated heterocycles. The smallest absolute Gasteiger partial charge is 0.128 e. The second-order valence-electron chi connectivity index (χ2n) is 4.55. The van der Waals surface area contributed by atoms with Crippen LogP contribution < -0.4 is 10.6 Å². The van der Waals surface area contributed by atoms with Crippen molar-refractivity contribution in [2.24, 2.45) is 0 Å². The highest BCUT2D eigenvalue weighted by Gasteiger charge is 2.16. The summed E-state index contributed by atoms with van der Waals surface area (Å²) in [4.78, 5) is 1.79. The van der Waals surface area contributed by atoms with E-state index in [0.717, 1.165) is 0 Å². The molecule has 0 aliphatic heterocycles. The highest BCUT2D eigenvalue weighted by atomic mass is 19.1. The van der Waals surface area contributed by atoms with Crippen molar-refractivity contribution < 1.29 is 8.78 Å². The van der Waals surface area contributed by atoms with E-state index in [1.54, 1.807) is 36.2 Å². The zero-order valence-electron chi connectivity index (χ0n) is 10.9. The van der Waals surface area contributed by atoms with Gasteiger partial charge in [-0.2, -0.15) is 0 Å². The summed E-state index contributed by atoms with van der Waals surface area (Å²) in [7, 11) is 1.78. The molecule has 2 rings (SSSR count). The number of rotatable bonds is 3. The van der Waals surface area contributed by atoms with Crippen LogP contribution in [0, 0.1) is 11.6 Å². The maximum absolute atomic E-state index is 13.7. The van der Waals surface area contributed by atoms with Gasteiger partial charge in [0.2, 0.25) is 0 Å². The van der Waals surface area contributed by atoms with Gasteiger partial charge >= 0.3 is 0 Å². The third-order valence-electron chi connectivity index (χ3n) is 3.25. The van der Waals surface area contributed by atoms with Crippen molar-refractivity contribution in [3.8, 4) is 0 Å². The van der Waals surface area contributed by atoms with Crippen molar-refractivity contribution in [2.75, 3.05) is 17.7 Å². The summed E-state index contributed by atoms with van der Waals surface area (Å²) < 4.78 is 27.1. The molecule has 0 fully saturated rings. The van der Waals surface area contributed by atoms with Crippen LogP contribution >= 0.6 is 0 Å². The summed E-state index contributed by atoms with van der Waals surface area (Å²) in [6, 6.07) is 10.6. The van der Waals surface area contributed by atoms with E-state index in [0.29, 0.717) is 16.9 Å². The molecule has 4 heteroatoms. The summed E-state index contributed by atoms with van der Waals surface area (Å²) >= 11 is 0. The Bertz CT molecular complexity index is 564. The Labute approximate surface area is 111 Å². The van der Waals surface area contributed by atoms with Crippen LogP contribution in [0.15, 0.2) is 42.5 Å². The molecule has 1 unspecified atom stereocenters. The first-order valence-electron chi connectivity index (χ1n) is 6.02. The summed E-state index contributed by atoms with van der Waals surface area (Å²) in [6.45, 7) is 1.86. The number of benzene rings is 2. The Morgan fingerprint density at radius 3 is 2.42 bits per heavy atom. The predicted octanol–water partition coefficient (Wildman–Crippen LogP) is 3.74. The molecule has 0 spiro atoms. The van der Waals surface area contributed by atoms with Crippen LogP contribution in [-0.4, -0.2) is 7.05 Å². The van der Waals surface area contributed by atoms with Gasteiger partial charge in [0, 0.05) is 24.0 Å². The van der Waals surface area contributed by atoms with Crippen LogP contribution in [0.2, 0.25) is 0 Å². The topological polar surface area (TPSA) is 29.3 Å². The molecule has 0 saturated carbocycles. The van der Waals surface area contributed by atoms with E-state index < -0.39 is 5.82 Å². The van der Waals surface area contributed by atoms with E-state index in [9.17, 15) is 8.78 Å². The number of nitrogens with two attached hydrogens (primary N) is 1. The van der Waals surface area contributed by atoms with Gasteiger partial charge in [0.25, 0.3) is 0 Å². The SMILES string of the molecule is CC(c1ccccc1F)N(C)c1cc(N)cc(F)c1. The molecule has 2 N–H and O–H groups in total. The lowest BCUT2D eigenvalue weighted by Crippen LogP contribution is -2.22. The van der Waals surface area contributed by atoms with Crippen molar-refractivity contribution in [3.05, 3.63) is 59.7 Å². The van der Waals surface area contributed by atoms with Crippen molar-refractivity contribution in [1.82, 2.24) is 0 Å². The van der Waals surface area contributed by atoms with E-state index in [1.165, 1.54) is 18.2 Å². The van der Waals surface area contributed by atoms with E-state index in [2.05, 4.69) is 0 Å². The quantitative estimate of drug-likeness (QED) is 0.854. The Morgan fingerprint density at radius 1 is 1.11 bits per heavy atom. The van der Waals surface area contributed by atoms with E-state index in [1.807, 2.05) is 6.92 Å². The van der Waals surface area contributed by atoms with Crippen LogP contribution in [0.1, 0.15) is 18.5 Å². The van der Waals surface area contributed by atoms with Crippen molar-refractivity contribution in [1.29, 1.82) is 0 Å². The molecule has 0 radical (unpaired) electrons. The molecular weight excluding hydrogens is 246 g/mol. The number of anilines is 2. The average Bonchev–Trinajstić information content (AvgIpc) is 2.36. The minimum Gasteiger partial charge on any atom is -0.399 e. The number of nitrogen functional groups attached to an aromatic ring is 1. The fraction of sp³-hybridized carbons (Fsp3) is 0.200. The highest BCUT2D eigenvalue weighted by Crippen LogP contribution is 2.28. The Morgan fingerprint density at radius 2 is 1.79 bits per heavy atom. The lowest BCUT2D eigenvalue weighted by atomic mass is 10.1. The minimum absolute atomic E-state index is 0.220. The van der Waals surface area contributed by atoms with Gasteiger partial charge in [0.1, 0.15) is 11.6 Å². The molecule has 0 aromatic heterocycles. The fourth-order valence-corrected chi connectivity index (χ4v) is 2.05.